The molecule has 1 aromatic carbocycles. The minimum absolute atomic E-state index is 0.155. The highest BCUT2D eigenvalue weighted by Gasteiger charge is 2.43. The van der Waals surface area contributed by atoms with Gasteiger partial charge in [0.15, 0.2) is 0 Å². The first kappa shape index (κ1) is 10.7. The van der Waals surface area contributed by atoms with Crippen molar-refractivity contribution < 1.29 is 23.1 Å². The molecule has 0 spiro atoms. The minimum atomic E-state index is -4.91. The summed E-state index contributed by atoms with van der Waals surface area (Å²) in [4.78, 5) is 11.0. The van der Waals surface area contributed by atoms with E-state index in [9.17, 15) is 18.0 Å². The summed E-state index contributed by atoms with van der Waals surface area (Å²) in [5.74, 6) is -1.34. The van der Waals surface area contributed by atoms with Crippen molar-refractivity contribution in [3.05, 3.63) is 35.9 Å². The second-order valence-electron chi connectivity index (χ2n) is 2.67. The Hall–Kier alpha value is -1.36. The number of aliphatic hydroxyl groups excluding tert-OH is 1. The summed E-state index contributed by atoms with van der Waals surface area (Å²) in [5.41, 5.74) is -0.155. The molecule has 0 heterocycles. The second-order valence-corrected chi connectivity index (χ2v) is 2.67. The fourth-order valence-electron chi connectivity index (χ4n) is 0.909. The van der Waals surface area contributed by atoms with E-state index in [1.165, 1.54) is 24.3 Å². The highest BCUT2D eigenvalue weighted by molar-refractivity contribution is 5.99. The van der Waals surface area contributed by atoms with Gasteiger partial charge in [0.2, 0.25) is 11.9 Å². The van der Waals surface area contributed by atoms with E-state index >= 15 is 0 Å². The maximum absolute atomic E-state index is 11.9. The van der Waals surface area contributed by atoms with Crippen LogP contribution in [0.3, 0.4) is 0 Å². The molecule has 0 aliphatic carbocycles. The highest BCUT2D eigenvalue weighted by Crippen LogP contribution is 2.22. The average Bonchev–Trinajstić information content (AvgIpc) is 2.15. The van der Waals surface area contributed by atoms with Crippen LogP contribution in [0.15, 0.2) is 30.3 Å². The van der Waals surface area contributed by atoms with Crippen LogP contribution in [0.2, 0.25) is 0 Å². The summed E-state index contributed by atoms with van der Waals surface area (Å²) < 4.78 is 35.7. The average molecular weight is 204 g/mol. The molecule has 5 heteroatoms. The van der Waals surface area contributed by atoms with Crippen molar-refractivity contribution in [3.63, 3.8) is 0 Å². The first-order valence-corrected chi connectivity index (χ1v) is 3.77. The number of ketones is 1. The normalized spacial score (nSPS) is 13.7. The fourth-order valence-corrected chi connectivity index (χ4v) is 0.909. The summed E-state index contributed by atoms with van der Waals surface area (Å²) >= 11 is 0. The molecule has 0 aliphatic rings. The minimum Gasteiger partial charge on any atom is -0.377 e. The van der Waals surface area contributed by atoms with Gasteiger partial charge in [-0.05, 0) is 0 Å². The van der Waals surface area contributed by atoms with E-state index in [2.05, 4.69) is 0 Å². The first-order valence-electron chi connectivity index (χ1n) is 3.77. The number of alkyl halides is 3. The van der Waals surface area contributed by atoms with E-state index in [0.717, 1.165) is 0 Å². The predicted molar refractivity (Wildman–Crippen MR) is 42.8 cm³/mol. The Kier molecular flexibility index (Phi) is 2.90. The van der Waals surface area contributed by atoms with Gasteiger partial charge in [0.1, 0.15) is 0 Å². The number of rotatable bonds is 2. The van der Waals surface area contributed by atoms with Crippen LogP contribution in [0.5, 0.6) is 0 Å². The summed E-state index contributed by atoms with van der Waals surface area (Å²) in [6.07, 6.45) is -7.85. The second kappa shape index (κ2) is 3.79. The molecule has 0 saturated heterocycles. The molecule has 0 amide bonds. The molecule has 0 radical (unpaired) electrons. The van der Waals surface area contributed by atoms with Crippen LogP contribution in [0.25, 0.3) is 0 Å². The van der Waals surface area contributed by atoms with Gasteiger partial charge in [-0.25, -0.2) is 0 Å². The number of aliphatic hydroxyl groups is 1. The van der Waals surface area contributed by atoms with Gasteiger partial charge in [-0.1, -0.05) is 30.3 Å². The lowest BCUT2D eigenvalue weighted by Gasteiger charge is -2.12. The third-order valence-electron chi connectivity index (χ3n) is 1.62. The predicted octanol–water partition coefficient (Wildman–Crippen LogP) is 1.79. The molecule has 0 saturated carbocycles. The van der Waals surface area contributed by atoms with Crippen LogP contribution >= 0.6 is 0 Å². The molecular formula is C9H7F3O2. The van der Waals surface area contributed by atoms with Crippen molar-refractivity contribution in [1.29, 1.82) is 0 Å². The van der Waals surface area contributed by atoms with Crippen molar-refractivity contribution in [3.8, 4) is 0 Å². The van der Waals surface area contributed by atoms with Gasteiger partial charge >= 0.3 is 6.18 Å². The molecule has 0 fully saturated rings. The van der Waals surface area contributed by atoms with Gasteiger partial charge in [0.25, 0.3) is 0 Å². The van der Waals surface area contributed by atoms with Crippen LogP contribution in [-0.4, -0.2) is 23.2 Å². The summed E-state index contributed by atoms with van der Waals surface area (Å²) in [5, 5.41) is 8.63. The quantitative estimate of drug-likeness (QED) is 0.745. The maximum Gasteiger partial charge on any atom is 0.421 e. The van der Waals surface area contributed by atoms with Crippen molar-refractivity contribution in [2.75, 3.05) is 0 Å². The topological polar surface area (TPSA) is 37.3 Å². The van der Waals surface area contributed by atoms with E-state index in [1.807, 2.05) is 0 Å². The molecule has 0 unspecified atom stereocenters. The standard InChI is InChI=1S/C9H7F3O2/c10-9(11,12)8(14)7(13)6-4-2-1-3-5-6/h1-5,8,14H/t8-/m0/s1. The molecule has 0 bridgehead atoms. The Morgan fingerprint density at radius 2 is 1.71 bits per heavy atom. The van der Waals surface area contributed by atoms with Crippen LogP contribution < -0.4 is 0 Å². The number of hydrogen-bond acceptors (Lipinski definition) is 2. The smallest absolute Gasteiger partial charge is 0.377 e. The van der Waals surface area contributed by atoms with Crippen molar-refractivity contribution in [2.45, 2.75) is 12.3 Å². The molecule has 1 rings (SSSR count). The summed E-state index contributed by atoms with van der Waals surface area (Å²) in [7, 11) is 0. The van der Waals surface area contributed by atoms with Crippen molar-refractivity contribution >= 4 is 5.78 Å². The number of benzene rings is 1. The van der Waals surface area contributed by atoms with Gasteiger partial charge in [0, 0.05) is 5.56 Å². The lowest BCUT2D eigenvalue weighted by Crippen LogP contribution is -2.36. The molecule has 1 aromatic rings. The molecule has 0 aliphatic heterocycles. The van der Waals surface area contributed by atoms with Gasteiger partial charge in [0.05, 0.1) is 0 Å². The molecular weight excluding hydrogens is 197 g/mol. The highest BCUT2D eigenvalue weighted by atomic mass is 19.4. The third kappa shape index (κ3) is 2.32. The number of hydrogen-bond donors (Lipinski definition) is 1. The molecule has 1 N–H and O–H groups in total. The van der Waals surface area contributed by atoms with Crippen LogP contribution in [0.1, 0.15) is 10.4 Å². The zero-order valence-corrected chi connectivity index (χ0v) is 6.95. The van der Waals surface area contributed by atoms with Gasteiger partial charge in [-0.15, -0.1) is 0 Å². The van der Waals surface area contributed by atoms with E-state index < -0.39 is 18.1 Å². The lowest BCUT2D eigenvalue weighted by molar-refractivity contribution is -0.186. The largest absolute Gasteiger partial charge is 0.421 e. The van der Waals surface area contributed by atoms with Crippen molar-refractivity contribution in [1.82, 2.24) is 0 Å². The van der Waals surface area contributed by atoms with Crippen LogP contribution in [0.4, 0.5) is 13.2 Å². The number of halogens is 3. The van der Waals surface area contributed by atoms with E-state index in [4.69, 9.17) is 5.11 Å². The fraction of sp³-hybridized carbons (Fsp3) is 0.222. The molecule has 2 nitrogen and oxygen atoms in total. The monoisotopic (exact) mass is 204 g/mol. The Morgan fingerprint density at radius 1 is 1.21 bits per heavy atom. The zero-order chi connectivity index (χ0) is 10.8. The Bertz CT molecular complexity index is 319. The van der Waals surface area contributed by atoms with Gasteiger partial charge < -0.3 is 5.11 Å². The molecule has 0 aromatic heterocycles. The Labute approximate surface area is 78.0 Å². The SMILES string of the molecule is O=C(c1ccccc1)[C@H](O)C(F)(F)F. The summed E-state index contributed by atoms with van der Waals surface area (Å²) in [6, 6.07) is 6.86. The third-order valence-corrected chi connectivity index (χ3v) is 1.62. The first-order chi connectivity index (χ1) is 6.43. The Balaban J connectivity index is 2.87. The van der Waals surface area contributed by atoms with Crippen LogP contribution in [0, 0.1) is 0 Å². The van der Waals surface area contributed by atoms with Crippen molar-refractivity contribution in [2.24, 2.45) is 0 Å². The van der Waals surface area contributed by atoms with E-state index in [-0.39, 0.29) is 5.56 Å². The lowest BCUT2D eigenvalue weighted by atomic mass is 10.1. The maximum atomic E-state index is 11.9. The molecule has 1 atom stereocenters. The van der Waals surface area contributed by atoms with Crippen LogP contribution in [-0.2, 0) is 0 Å². The Morgan fingerprint density at radius 3 is 2.14 bits per heavy atom. The summed E-state index contributed by atoms with van der Waals surface area (Å²) in [6.45, 7) is 0. The van der Waals surface area contributed by atoms with Gasteiger partial charge in [-0.3, -0.25) is 4.79 Å². The zero-order valence-electron chi connectivity index (χ0n) is 6.95. The number of carbonyl (C=O) groups is 1. The molecule has 76 valence electrons. The number of Topliss-reactive ketones (excluding diaryl/α,β-unsaturated/α-hetero) is 1. The molecule has 14 heavy (non-hydrogen) atoms. The van der Waals surface area contributed by atoms with E-state index in [0.29, 0.717) is 0 Å². The van der Waals surface area contributed by atoms with E-state index in [1.54, 1.807) is 6.07 Å². The number of carbonyl (C=O) groups excluding carboxylic acids is 1. The van der Waals surface area contributed by atoms with Gasteiger partial charge in [-0.2, -0.15) is 13.2 Å².